The number of carbonyl (C=O) groups is 2. The Kier molecular flexibility index (Phi) is 6.60. The molecule has 1 aliphatic carbocycles. The van der Waals surface area contributed by atoms with E-state index in [-0.39, 0.29) is 48.7 Å². The molecule has 2 amide bonds. The second-order valence-electron chi connectivity index (χ2n) is 8.39. The fourth-order valence-corrected chi connectivity index (χ4v) is 5.01. The van der Waals surface area contributed by atoms with E-state index in [1.807, 2.05) is 30.2 Å². The fourth-order valence-electron chi connectivity index (χ4n) is 4.08. The molecule has 0 bridgehead atoms. The molecule has 1 aromatic carbocycles. The van der Waals surface area contributed by atoms with Gasteiger partial charge in [-0.3, -0.25) is 9.59 Å². The van der Waals surface area contributed by atoms with Crippen LogP contribution in [-0.2, 0) is 16.0 Å². The van der Waals surface area contributed by atoms with E-state index in [2.05, 4.69) is 0 Å². The second kappa shape index (κ2) is 9.39. The maximum absolute atomic E-state index is 14.1. The van der Waals surface area contributed by atoms with Crippen LogP contribution in [0.25, 0.3) is 0 Å². The van der Waals surface area contributed by atoms with Crippen molar-refractivity contribution in [2.45, 2.75) is 51.6 Å². The van der Waals surface area contributed by atoms with Gasteiger partial charge in [0.2, 0.25) is 11.8 Å². The summed E-state index contributed by atoms with van der Waals surface area (Å²) in [7, 11) is 0. The molecule has 166 valence electrons. The first kappa shape index (κ1) is 21.8. The Labute approximate surface area is 186 Å². The number of hydrogen-bond acceptors (Lipinski definition) is 4. The van der Waals surface area contributed by atoms with Crippen molar-refractivity contribution in [1.82, 2.24) is 9.80 Å². The number of hydrogen-bond donors (Lipinski definition) is 0. The average Bonchev–Trinajstić information content (AvgIpc) is 3.52. The number of fused-ring (bicyclic) bond motifs is 1. The van der Waals surface area contributed by atoms with Gasteiger partial charge in [0.1, 0.15) is 13.2 Å². The minimum absolute atomic E-state index is 0.0201. The van der Waals surface area contributed by atoms with Gasteiger partial charge < -0.3 is 14.5 Å². The van der Waals surface area contributed by atoms with Gasteiger partial charge in [-0.25, -0.2) is 4.39 Å². The molecular formula is C24H29FN2O3S. The molecule has 7 heteroatoms. The van der Waals surface area contributed by atoms with Crippen molar-refractivity contribution in [2.24, 2.45) is 5.92 Å². The predicted molar refractivity (Wildman–Crippen MR) is 119 cm³/mol. The summed E-state index contributed by atoms with van der Waals surface area (Å²) < 4.78 is 19.9. The Morgan fingerprint density at radius 3 is 2.77 bits per heavy atom. The number of amides is 2. The van der Waals surface area contributed by atoms with Gasteiger partial charge in [0, 0.05) is 23.4 Å². The molecule has 4 rings (SSSR count). The molecule has 31 heavy (non-hydrogen) atoms. The lowest BCUT2D eigenvalue weighted by molar-refractivity contribution is -0.145. The number of benzene rings is 1. The van der Waals surface area contributed by atoms with Crippen molar-refractivity contribution in [3.05, 3.63) is 52.0 Å². The number of halogens is 1. The molecule has 1 aliphatic heterocycles. The molecule has 5 nitrogen and oxygen atoms in total. The van der Waals surface area contributed by atoms with E-state index in [4.69, 9.17) is 4.74 Å². The van der Waals surface area contributed by atoms with Gasteiger partial charge in [0.25, 0.3) is 0 Å². The SMILES string of the molecule is CC[C@H](C)N(CC(=O)N1CCc2sccc2[C@@H]1COc1ccccc1F)C(=O)C1CC1. The van der Waals surface area contributed by atoms with Crippen LogP contribution in [0, 0.1) is 11.7 Å². The van der Waals surface area contributed by atoms with Gasteiger partial charge in [0.05, 0.1) is 6.04 Å². The molecule has 0 saturated heterocycles. The molecule has 2 aliphatic rings. The quantitative estimate of drug-likeness (QED) is 0.605. The van der Waals surface area contributed by atoms with E-state index in [0.717, 1.165) is 31.2 Å². The summed E-state index contributed by atoms with van der Waals surface area (Å²) in [6, 6.07) is 8.06. The van der Waals surface area contributed by atoms with Crippen LogP contribution in [0.4, 0.5) is 4.39 Å². The maximum atomic E-state index is 14.1. The lowest BCUT2D eigenvalue weighted by Gasteiger charge is -2.38. The normalized spacial score (nSPS) is 18.9. The average molecular weight is 445 g/mol. The predicted octanol–water partition coefficient (Wildman–Crippen LogP) is 4.43. The van der Waals surface area contributed by atoms with Crippen molar-refractivity contribution in [3.63, 3.8) is 0 Å². The van der Waals surface area contributed by atoms with E-state index in [1.165, 1.54) is 10.9 Å². The van der Waals surface area contributed by atoms with Crippen LogP contribution in [0.1, 0.15) is 49.6 Å². The first-order valence-electron chi connectivity index (χ1n) is 11.0. The van der Waals surface area contributed by atoms with Crippen LogP contribution < -0.4 is 4.74 Å². The third kappa shape index (κ3) is 4.76. The molecule has 1 aromatic heterocycles. The van der Waals surface area contributed by atoms with Gasteiger partial charge in [0.15, 0.2) is 11.6 Å². The number of para-hydroxylation sites is 1. The highest BCUT2D eigenvalue weighted by Crippen LogP contribution is 2.35. The number of carbonyl (C=O) groups excluding carboxylic acids is 2. The molecule has 2 atom stereocenters. The molecule has 1 fully saturated rings. The zero-order valence-corrected chi connectivity index (χ0v) is 18.9. The Hall–Kier alpha value is -2.41. The van der Waals surface area contributed by atoms with Crippen LogP contribution >= 0.6 is 11.3 Å². The van der Waals surface area contributed by atoms with E-state index in [9.17, 15) is 14.0 Å². The van der Waals surface area contributed by atoms with Crippen molar-refractivity contribution in [3.8, 4) is 5.75 Å². The third-order valence-electron chi connectivity index (χ3n) is 6.29. The first-order chi connectivity index (χ1) is 15.0. The summed E-state index contributed by atoms with van der Waals surface area (Å²) in [5, 5.41) is 2.02. The van der Waals surface area contributed by atoms with E-state index in [1.54, 1.807) is 34.4 Å². The minimum atomic E-state index is -0.417. The van der Waals surface area contributed by atoms with Crippen molar-refractivity contribution < 1.29 is 18.7 Å². The number of thiophene rings is 1. The Balaban J connectivity index is 1.52. The molecule has 2 aromatic rings. The van der Waals surface area contributed by atoms with E-state index < -0.39 is 5.82 Å². The van der Waals surface area contributed by atoms with E-state index >= 15 is 0 Å². The highest BCUT2D eigenvalue weighted by molar-refractivity contribution is 7.10. The topological polar surface area (TPSA) is 49.9 Å². The summed E-state index contributed by atoms with van der Waals surface area (Å²) >= 11 is 1.68. The monoisotopic (exact) mass is 444 g/mol. The smallest absolute Gasteiger partial charge is 0.242 e. The van der Waals surface area contributed by atoms with Crippen LogP contribution in [0.3, 0.4) is 0 Å². The van der Waals surface area contributed by atoms with Gasteiger partial charge in [-0.15, -0.1) is 11.3 Å². The highest BCUT2D eigenvalue weighted by Gasteiger charge is 2.38. The Bertz CT molecular complexity index is 942. The van der Waals surface area contributed by atoms with Gasteiger partial charge >= 0.3 is 0 Å². The standard InChI is InChI=1S/C24H29FN2O3S/c1-3-16(2)27(24(29)17-8-9-17)14-23(28)26-12-10-22-18(11-13-31-22)20(26)15-30-21-7-5-4-6-19(21)25/h4-7,11,13,16-17,20H,3,8-10,12,14-15H2,1-2H3/t16-,20-/m0/s1. The first-order valence-corrected chi connectivity index (χ1v) is 11.9. The van der Waals surface area contributed by atoms with Crippen LogP contribution in [0.2, 0.25) is 0 Å². The molecule has 0 spiro atoms. The largest absolute Gasteiger partial charge is 0.488 e. The molecule has 0 radical (unpaired) electrons. The van der Waals surface area contributed by atoms with Gasteiger partial charge in [-0.05, 0) is 61.7 Å². The molecule has 0 N–H and O–H groups in total. The third-order valence-corrected chi connectivity index (χ3v) is 7.28. The second-order valence-corrected chi connectivity index (χ2v) is 9.39. The number of nitrogens with zero attached hydrogens (tertiary/aromatic N) is 2. The lowest BCUT2D eigenvalue weighted by Crippen LogP contribution is -2.50. The van der Waals surface area contributed by atoms with Crippen LogP contribution in [0.5, 0.6) is 5.75 Å². The summed E-state index contributed by atoms with van der Waals surface area (Å²) in [5.74, 6) is -0.141. The Morgan fingerprint density at radius 2 is 2.06 bits per heavy atom. The van der Waals surface area contributed by atoms with E-state index in [0.29, 0.717) is 6.54 Å². The van der Waals surface area contributed by atoms with Crippen molar-refractivity contribution >= 4 is 23.2 Å². The van der Waals surface area contributed by atoms with Crippen LogP contribution in [-0.4, -0.2) is 47.4 Å². The fraction of sp³-hybridized carbons (Fsp3) is 0.500. The zero-order valence-electron chi connectivity index (χ0n) is 18.1. The van der Waals surface area contributed by atoms with Crippen molar-refractivity contribution in [2.75, 3.05) is 19.7 Å². The van der Waals surface area contributed by atoms with Crippen molar-refractivity contribution in [1.29, 1.82) is 0 Å². The Morgan fingerprint density at radius 1 is 1.29 bits per heavy atom. The summed E-state index contributed by atoms with van der Waals surface area (Å²) in [5.41, 5.74) is 1.06. The van der Waals surface area contributed by atoms with Gasteiger partial charge in [-0.2, -0.15) is 0 Å². The molecule has 0 unspecified atom stereocenters. The number of rotatable bonds is 8. The summed E-state index contributed by atoms with van der Waals surface area (Å²) in [6.07, 6.45) is 3.43. The number of ether oxygens (including phenoxy) is 1. The van der Waals surface area contributed by atoms with Gasteiger partial charge in [-0.1, -0.05) is 19.1 Å². The zero-order chi connectivity index (χ0) is 22.0. The highest BCUT2D eigenvalue weighted by atomic mass is 32.1. The molecular weight excluding hydrogens is 415 g/mol. The summed E-state index contributed by atoms with van der Waals surface area (Å²) in [4.78, 5) is 31.0. The minimum Gasteiger partial charge on any atom is -0.488 e. The maximum Gasteiger partial charge on any atom is 0.242 e. The molecule has 2 heterocycles. The lowest BCUT2D eigenvalue weighted by atomic mass is 10.00. The molecule has 1 saturated carbocycles. The summed E-state index contributed by atoms with van der Waals surface area (Å²) in [6.45, 7) is 4.87. The van der Waals surface area contributed by atoms with Crippen LogP contribution in [0.15, 0.2) is 35.7 Å².